The molecule has 0 atom stereocenters. The number of benzene rings is 1. The van der Waals surface area contributed by atoms with Crippen molar-refractivity contribution < 1.29 is 9.47 Å². The molecule has 0 aliphatic carbocycles. The van der Waals surface area contributed by atoms with Crippen LogP contribution in [0.25, 0.3) is 0 Å². The van der Waals surface area contributed by atoms with Crippen molar-refractivity contribution in [3.63, 3.8) is 0 Å². The van der Waals surface area contributed by atoms with Crippen LogP contribution in [0.3, 0.4) is 0 Å². The first-order valence-corrected chi connectivity index (χ1v) is 5.37. The highest BCUT2D eigenvalue weighted by atomic mass is 16.7. The third-order valence-electron chi connectivity index (χ3n) is 3.12. The highest BCUT2D eigenvalue weighted by Crippen LogP contribution is 2.30. The maximum atomic E-state index is 5.62. The molecule has 0 radical (unpaired) electrons. The van der Waals surface area contributed by atoms with Gasteiger partial charge in [-0.3, -0.25) is 0 Å². The highest BCUT2D eigenvalue weighted by Gasteiger charge is 2.43. The van der Waals surface area contributed by atoms with Gasteiger partial charge in [0.25, 0.3) is 0 Å². The molecule has 4 nitrogen and oxygen atoms in total. The summed E-state index contributed by atoms with van der Waals surface area (Å²) in [6, 6.07) is 8.24. The lowest BCUT2D eigenvalue weighted by molar-refractivity contribution is -0.219. The van der Waals surface area contributed by atoms with E-state index in [4.69, 9.17) is 15.2 Å². The van der Waals surface area contributed by atoms with E-state index in [0.29, 0.717) is 6.54 Å². The molecule has 4 heteroatoms. The molecule has 1 aromatic rings. The molecule has 2 rings (SSSR count). The predicted molar refractivity (Wildman–Crippen MR) is 63.3 cm³/mol. The van der Waals surface area contributed by atoms with Crippen molar-refractivity contribution >= 4 is 5.69 Å². The van der Waals surface area contributed by atoms with Crippen molar-refractivity contribution in [2.45, 2.75) is 12.3 Å². The number of nitrogens with zero attached hydrogens (tertiary/aromatic N) is 1. The van der Waals surface area contributed by atoms with E-state index in [9.17, 15) is 0 Å². The van der Waals surface area contributed by atoms with Crippen molar-refractivity contribution in [3.8, 4) is 0 Å². The van der Waals surface area contributed by atoms with Gasteiger partial charge in [0.2, 0.25) is 5.79 Å². The largest absolute Gasteiger partial charge is 0.361 e. The topological polar surface area (TPSA) is 47.7 Å². The third kappa shape index (κ3) is 1.91. The van der Waals surface area contributed by atoms with Crippen molar-refractivity contribution in [2.24, 2.45) is 5.73 Å². The molecule has 88 valence electrons. The van der Waals surface area contributed by atoms with Gasteiger partial charge in [-0.2, -0.15) is 0 Å². The molecule has 1 saturated heterocycles. The zero-order valence-corrected chi connectivity index (χ0v) is 9.77. The molecule has 16 heavy (non-hydrogen) atoms. The van der Waals surface area contributed by atoms with Crippen LogP contribution in [0.1, 0.15) is 5.56 Å². The zero-order valence-electron chi connectivity index (χ0n) is 9.77. The minimum Gasteiger partial charge on any atom is -0.361 e. The van der Waals surface area contributed by atoms with E-state index in [2.05, 4.69) is 17.0 Å². The van der Waals surface area contributed by atoms with Crippen LogP contribution in [0, 0.1) is 0 Å². The standard InChI is InChI=1S/C12H18N2O2/c1-15-12(16-2)8-14(9-12)11-5-3-4-10(6-11)7-13/h3-6H,7-9,13H2,1-2H3. The summed E-state index contributed by atoms with van der Waals surface area (Å²) in [5, 5.41) is 0. The van der Waals surface area contributed by atoms with Crippen LogP contribution < -0.4 is 10.6 Å². The number of anilines is 1. The molecular formula is C12H18N2O2. The fraction of sp³-hybridized carbons (Fsp3) is 0.500. The molecular weight excluding hydrogens is 204 g/mol. The quantitative estimate of drug-likeness (QED) is 0.771. The highest BCUT2D eigenvalue weighted by molar-refractivity contribution is 5.51. The van der Waals surface area contributed by atoms with Gasteiger partial charge in [0.15, 0.2) is 0 Å². The van der Waals surface area contributed by atoms with Crippen LogP contribution in [-0.2, 0) is 16.0 Å². The summed E-state index contributed by atoms with van der Waals surface area (Å²) in [4.78, 5) is 2.21. The summed E-state index contributed by atoms with van der Waals surface area (Å²) in [6.07, 6.45) is 0. The summed E-state index contributed by atoms with van der Waals surface area (Å²) in [7, 11) is 3.36. The van der Waals surface area contributed by atoms with Crippen LogP contribution >= 0.6 is 0 Å². The second-order valence-corrected chi connectivity index (χ2v) is 4.05. The predicted octanol–water partition coefficient (Wildman–Crippen LogP) is 0.954. The summed E-state index contributed by atoms with van der Waals surface area (Å²) < 4.78 is 10.7. The monoisotopic (exact) mass is 222 g/mol. The van der Waals surface area contributed by atoms with Crippen LogP contribution in [0.5, 0.6) is 0 Å². The Morgan fingerprint density at radius 1 is 1.31 bits per heavy atom. The number of hydrogen-bond acceptors (Lipinski definition) is 4. The average Bonchev–Trinajstić information content (AvgIpc) is 2.29. The van der Waals surface area contributed by atoms with Gasteiger partial charge in [-0.05, 0) is 17.7 Å². The molecule has 0 unspecified atom stereocenters. The Morgan fingerprint density at radius 2 is 2.00 bits per heavy atom. The number of ether oxygens (including phenoxy) is 2. The van der Waals surface area contributed by atoms with E-state index in [1.807, 2.05) is 12.1 Å². The molecule has 1 fully saturated rings. The number of methoxy groups -OCH3 is 2. The van der Waals surface area contributed by atoms with Crippen molar-refractivity contribution in [1.29, 1.82) is 0 Å². The van der Waals surface area contributed by atoms with Crippen LogP contribution in [0.2, 0.25) is 0 Å². The summed E-state index contributed by atoms with van der Waals surface area (Å²) in [5.74, 6) is -0.432. The molecule has 1 aliphatic heterocycles. The first kappa shape index (κ1) is 11.4. The lowest BCUT2D eigenvalue weighted by atomic mass is 10.1. The zero-order chi connectivity index (χ0) is 11.6. The fourth-order valence-corrected chi connectivity index (χ4v) is 1.94. The normalized spacial score (nSPS) is 18.3. The first-order valence-electron chi connectivity index (χ1n) is 5.37. The molecule has 0 spiro atoms. The smallest absolute Gasteiger partial charge is 0.203 e. The summed E-state index contributed by atoms with van der Waals surface area (Å²) in [5.41, 5.74) is 7.93. The van der Waals surface area contributed by atoms with Gasteiger partial charge in [0, 0.05) is 26.5 Å². The maximum Gasteiger partial charge on any atom is 0.203 e. The van der Waals surface area contributed by atoms with Gasteiger partial charge in [-0.15, -0.1) is 0 Å². The van der Waals surface area contributed by atoms with Gasteiger partial charge in [-0.25, -0.2) is 0 Å². The van der Waals surface area contributed by atoms with Gasteiger partial charge >= 0.3 is 0 Å². The Labute approximate surface area is 95.9 Å². The summed E-state index contributed by atoms with van der Waals surface area (Å²) in [6.45, 7) is 2.09. The molecule has 0 saturated carbocycles. The van der Waals surface area contributed by atoms with E-state index in [1.165, 1.54) is 5.69 Å². The van der Waals surface area contributed by atoms with Gasteiger partial charge in [0.1, 0.15) is 0 Å². The second-order valence-electron chi connectivity index (χ2n) is 4.05. The second kappa shape index (κ2) is 4.41. The van der Waals surface area contributed by atoms with Crippen molar-refractivity contribution in [3.05, 3.63) is 29.8 Å². The number of nitrogens with two attached hydrogens (primary N) is 1. The SMILES string of the molecule is COC1(OC)CN(c2cccc(CN)c2)C1. The number of rotatable bonds is 4. The third-order valence-corrected chi connectivity index (χ3v) is 3.12. The van der Waals surface area contributed by atoms with Crippen molar-refractivity contribution in [1.82, 2.24) is 0 Å². The van der Waals surface area contributed by atoms with Crippen molar-refractivity contribution in [2.75, 3.05) is 32.2 Å². The molecule has 0 amide bonds. The van der Waals surface area contributed by atoms with E-state index in [-0.39, 0.29) is 0 Å². The maximum absolute atomic E-state index is 5.62. The minimum absolute atomic E-state index is 0.432. The molecule has 2 N–H and O–H groups in total. The fourth-order valence-electron chi connectivity index (χ4n) is 1.94. The van der Waals surface area contributed by atoms with Gasteiger partial charge < -0.3 is 20.1 Å². The van der Waals surface area contributed by atoms with Gasteiger partial charge in [0.05, 0.1) is 13.1 Å². The first-order chi connectivity index (χ1) is 7.73. The summed E-state index contributed by atoms with van der Waals surface area (Å²) >= 11 is 0. The average molecular weight is 222 g/mol. The lowest BCUT2D eigenvalue weighted by Crippen LogP contribution is -2.64. The molecule has 1 aliphatic rings. The van der Waals surface area contributed by atoms with Crippen LogP contribution in [0.15, 0.2) is 24.3 Å². The van der Waals surface area contributed by atoms with Gasteiger partial charge in [-0.1, -0.05) is 12.1 Å². The Hall–Kier alpha value is -1.10. The van der Waals surface area contributed by atoms with E-state index >= 15 is 0 Å². The van der Waals surface area contributed by atoms with E-state index in [0.717, 1.165) is 18.7 Å². The number of hydrogen-bond donors (Lipinski definition) is 1. The van der Waals surface area contributed by atoms with Crippen LogP contribution in [0.4, 0.5) is 5.69 Å². The lowest BCUT2D eigenvalue weighted by Gasteiger charge is -2.48. The molecule has 0 aromatic heterocycles. The Morgan fingerprint density at radius 3 is 2.56 bits per heavy atom. The van der Waals surface area contributed by atoms with E-state index < -0.39 is 5.79 Å². The van der Waals surface area contributed by atoms with E-state index in [1.54, 1.807) is 14.2 Å². The molecule has 1 heterocycles. The van der Waals surface area contributed by atoms with Crippen LogP contribution in [-0.4, -0.2) is 33.1 Å². The Balaban J connectivity index is 2.05. The Kier molecular flexibility index (Phi) is 3.14. The molecule has 1 aromatic carbocycles. The molecule has 0 bridgehead atoms. The Bertz CT molecular complexity index is 356. The minimum atomic E-state index is -0.432.